The molecule has 0 aliphatic carbocycles. The molecule has 88 valence electrons. The Morgan fingerprint density at radius 1 is 1.24 bits per heavy atom. The van der Waals surface area contributed by atoms with E-state index in [4.69, 9.17) is 5.73 Å². The van der Waals surface area contributed by atoms with Crippen LogP contribution >= 0.6 is 0 Å². The molecule has 0 aliphatic rings. The molecule has 0 saturated heterocycles. The van der Waals surface area contributed by atoms with Gasteiger partial charge in [-0.15, -0.1) is 0 Å². The molecule has 0 aromatic carbocycles. The highest BCUT2D eigenvalue weighted by atomic mass is 14.9. The van der Waals surface area contributed by atoms with Crippen LogP contribution in [0.4, 0.5) is 0 Å². The monoisotopic (exact) mass is 228 g/mol. The summed E-state index contributed by atoms with van der Waals surface area (Å²) in [7, 11) is 0. The second kappa shape index (κ2) is 5.50. The second-order valence-electron chi connectivity index (χ2n) is 3.96. The molecular weight excluding hydrogens is 212 g/mol. The van der Waals surface area contributed by atoms with Crippen LogP contribution in [0.25, 0.3) is 0 Å². The second-order valence-corrected chi connectivity index (χ2v) is 3.96. The van der Waals surface area contributed by atoms with Gasteiger partial charge in [-0.3, -0.25) is 4.98 Å². The number of hydrogen-bond acceptors (Lipinski definition) is 4. The van der Waals surface area contributed by atoms with Crippen LogP contribution in [0.5, 0.6) is 0 Å². The minimum atomic E-state index is -0.127. The fraction of sp³-hybridized carbons (Fsp3) is 0.308. The van der Waals surface area contributed by atoms with Crippen molar-refractivity contribution in [2.45, 2.75) is 25.8 Å². The molecule has 17 heavy (non-hydrogen) atoms. The SMILES string of the molecule is CCc1ccc(CC(N)c2ccncn2)nc1. The van der Waals surface area contributed by atoms with Crippen LogP contribution in [0.3, 0.4) is 0 Å². The molecule has 2 heterocycles. The molecule has 1 unspecified atom stereocenters. The molecule has 2 aromatic heterocycles. The summed E-state index contributed by atoms with van der Waals surface area (Å²) in [4.78, 5) is 12.4. The van der Waals surface area contributed by atoms with Crippen LogP contribution < -0.4 is 5.73 Å². The minimum Gasteiger partial charge on any atom is -0.322 e. The van der Waals surface area contributed by atoms with Gasteiger partial charge in [0.1, 0.15) is 6.33 Å². The quantitative estimate of drug-likeness (QED) is 0.864. The Morgan fingerprint density at radius 3 is 2.71 bits per heavy atom. The number of nitrogens with two attached hydrogens (primary N) is 1. The van der Waals surface area contributed by atoms with Gasteiger partial charge < -0.3 is 5.73 Å². The molecule has 0 amide bonds. The highest BCUT2D eigenvalue weighted by Gasteiger charge is 2.08. The topological polar surface area (TPSA) is 64.7 Å². The van der Waals surface area contributed by atoms with Crippen molar-refractivity contribution in [2.75, 3.05) is 0 Å². The normalized spacial score (nSPS) is 12.4. The zero-order valence-electron chi connectivity index (χ0n) is 9.87. The fourth-order valence-electron chi connectivity index (χ4n) is 1.64. The van der Waals surface area contributed by atoms with Crippen LogP contribution in [0, 0.1) is 0 Å². The molecule has 4 nitrogen and oxygen atoms in total. The maximum absolute atomic E-state index is 6.07. The van der Waals surface area contributed by atoms with Crippen LogP contribution in [0.1, 0.15) is 29.9 Å². The molecule has 1 atom stereocenters. The molecule has 4 heteroatoms. The number of aromatic nitrogens is 3. The highest BCUT2D eigenvalue weighted by molar-refractivity contribution is 5.16. The molecule has 2 N–H and O–H groups in total. The van der Waals surface area contributed by atoms with Crippen molar-refractivity contribution < 1.29 is 0 Å². The zero-order valence-corrected chi connectivity index (χ0v) is 9.87. The van der Waals surface area contributed by atoms with E-state index in [9.17, 15) is 0 Å². The molecule has 0 spiro atoms. The van der Waals surface area contributed by atoms with E-state index >= 15 is 0 Å². The first-order chi connectivity index (χ1) is 8.29. The number of hydrogen-bond donors (Lipinski definition) is 1. The molecule has 2 rings (SSSR count). The van der Waals surface area contributed by atoms with E-state index in [1.807, 2.05) is 18.3 Å². The fourth-order valence-corrected chi connectivity index (χ4v) is 1.64. The van der Waals surface area contributed by atoms with Crippen molar-refractivity contribution in [1.29, 1.82) is 0 Å². The third-order valence-corrected chi connectivity index (χ3v) is 2.71. The number of nitrogens with zero attached hydrogens (tertiary/aromatic N) is 3. The molecule has 0 bridgehead atoms. The molecule has 0 aliphatic heterocycles. The van der Waals surface area contributed by atoms with Crippen LogP contribution in [-0.4, -0.2) is 15.0 Å². The van der Waals surface area contributed by atoms with Crippen LogP contribution in [0.15, 0.2) is 36.9 Å². The lowest BCUT2D eigenvalue weighted by atomic mass is 10.1. The van der Waals surface area contributed by atoms with Gasteiger partial charge in [0.25, 0.3) is 0 Å². The van der Waals surface area contributed by atoms with Gasteiger partial charge in [0.15, 0.2) is 0 Å². The number of pyridine rings is 1. The predicted molar refractivity (Wildman–Crippen MR) is 66.3 cm³/mol. The largest absolute Gasteiger partial charge is 0.322 e. The Balaban J connectivity index is 2.05. The summed E-state index contributed by atoms with van der Waals surface area (Å²) >= 11 is 0. The number of aryl methyl sites for hydroxylation is 1. The van der Waals surface area contributed by atoms with Crippen molar-refractivity contribution in [3.05, 3.63) is 53.9 Å². The summed E-state index contributed by atoms with van der Waals surface area (Å²) in [6, 6.07) is 5.83. The standard InChI is InChI=1S/C13H16N4/c1-2-10-3-4-11(16-8-10)7-12(14)13-5-6-15-9-17-13/h3-6,8-9,12H,2,7,14H2,1H3. The Labute approximate surface area is 101 Å². The van der Waals surface area contributed by atoms with Gasteiger partial charge in [-0.05, 0) is 24.1 Å². The van der Waals surface area contributed by atoms with E-state index < -0.39 is 0 Å². The van der Waals surface area contributed by atoms with Gasteiger partial charge in [0.05, 0.1) is 11.7 Å². The maximum atomic E-state index is 6.07. The Bertz CT molecular complexity index is 453. The summed E-state index contributed by atoms with van der Waals surface area (Å²) in [5.74, 6) is 0. The lowest BCUT2D eigenvalue weighted by Crippen LogP contribution is -2.15. The van der Waals surface area contributed by atoms with Gasteiger partial charge in [0, 0.05) is 24.5 Å². The first-order valence-corrected chi connectivity index (χ1v) is 5.75. The van der Waals surface area contributed by atoms with Gasteiger partial charge in [0.2, 0.25) is 0 Å². The Kier molecular flexibility index (Phi) is 3.77. The minimum absolute atomic E-state index is 0.127. The molecular formula is C13H16N4. The summed E-state index contributed by atoms with van der Waals surface area (Å²) in [5.41, 5.74) is 9.15. The first kappa shape index (κ1) is 11.7. The summed E-state index contributed by atoms with van der Waals surface area (Å²) in [5, 5.41) is 0. The Morgan fingerprint density at radius 2 is 2.12 bits per heavy atom. The van der Waals surface area contributed by atoms with E-state index in [1.165, 1.54) is 11.9 Å². The molecule has 0 radical (unpaired) electrons. The smallest absolute Gasteiger partial charge is 0.115 e. The first-order valence-electron chi connectivity index (χ1n) is 5.75. The van der Waals surface area contributed by atoms with Gasteiger partial charge in [-0.1, -0.05) is 13.0 Å². The van der Waals surface area contributed by atoms with Crippen molar-refractivity contribution >= 4 is 0 Å². The van der Waals surface area contributed by atoms with E-state index in [-0.39, 0.29) is 6.04 Å². The van der Waals surface area contributed by atoms with Gasteiger partial charge >= 0.3 is 0 Å². The van der Waals surface area contributed by atoms with Crippen molar-refractivity contribution in [3.63, 3.8) is 0 Å². The van der Waals surface area contributed by atoms with Gasteiger partial charge in [-0.25, -0.2) is 9.97 Å². The van der Waals surface area contributed by atoms with E-state index in [2.05, 4.69) is 27.9 Å². The highest BCUT2D eigenvalue weighted by Crippen LogP contribution is 2.12. The maximum Gasteiger partial charge on any atom is 0.115 e. The lowest BCUT2D eigenvalue weighted by molar-refractivity contribution is 0.679. The van der Waals surface area contributed by atoms with Crippen molar-refractivity contribution in [3.8, 4) is 0 Å². The third-order valence-electron chi connectivity index (χ3n) is 2.71. The third kappa shape index (κ3) is 3.07. The predicted octanol–water partition coefficient (Wildman–Crippen LogP) is 1.68. The zero-order chi connectivity index (χ0) is 12.1. The average Bonchev–Trinajstić information content (AvgIpc) is 2.40. The molecule has 0 saturated carbocycles. The van der Waals surface area contributed by atoms with Crippen molar-refractivity contribution in [2.24, 2.45) is 5.73 Å². The summed E-state index contributed by atoms with van der Waals surface area (Å²) in [6.45, 7) is 2.11. The van der Waals surface area contributed by atoms with E-state index in [1.54, 1.807) is 6.20 Å². The van der Waals surface area contributed by atoms with Crippen LogP contribution in [-0.2, 0) is 12.8 Å². The van der Waals surface area contributed by atoms with Crippen molar-refractivity contribution in [1.82, 2.24) is 15.0 Å². The molecule has 2 aromatic rings. The summed E-state index contributed by atoms with van der Waals surface area (Å²) < 4.78 is 0. The van der Waals surface area contributed by atoms with E-state index in [0.717, 1.165) is 17.8 Å². The lowest BCUT2D eigenvalue weighted by Gasteiger charge is -2.10. The van der Waals surface area contributed by atoms with E-state index in [0.29, 0.717) is 6.42 Å². The Hall–Kier alpha value is -1.81. The average molecular weight is 228 g/mol. The molecule has 0 fully saturated rings. The van der Waals surface area contributed by atoms with Crippen LogP contribution in [0.2, 0.25) is 0 Å². The summed E-state index contributed by atoms with van der Waals surface area (Å²) in [6.07, 6.45) is 6.83. The van der Waals surface area contributed by atoms with Gasteiger partial charge in [-0.2, -0.15) is 0 Å². The number of rotatable bonds is 4.